The van der Waals surface area contributed by atoms with Gasteiger partial charge >= 0.3 is 5.97 Å². The van der Waals surface area contributed by atoms with Gasteiger partial charge in [-0.3, -0.25) is 19.3 Å². The van der Waals surface area contributed by atoms with E-state index in [1.807, 2.05) is 0 Å². The monoisotopic (exact) mass is 259 g/mol. The SMILES string of the molecule is CC(=O)OCC=CCN1C(=O)c2ccccc2C1=O. The number of ether oxygens (including phenoxy) is 1. The maximum atomic E-state index is 12.0. The number of imide groups is 1. The van der Waals surface area contributed by atoms with Gasteiger partial charge in [0.25, 0.3) is 11.8 Å². The Bertz CT molecular complexity index is 527. The van der Waals surface area contributed by atoms with Gasteiger partial charge in [-0.15, -0.1) is 0 Å². The van der Waals surface area contributed by atoms with Crippen LogP contribution in [0.5, 0.6) is 0 Å². The molecule has 0 aliphatic carbocycles. The zero-order valence-corrected chi connectivity index (χ0v) is 10.5. The zero-order valence-electron chi connectivity index (χ0n) is 10.5. The molecule has 1 heterocycles. The minimum atomic E-state index is -0.370. The molecule has 0 aromatic heterocycles. The largest absolute Gasteiger partial charge is 0.462 e. The van der Waals surface area contributed by atoms with Crippen LogP contribution in [0, 0.1) is 0 Å². The van der Waals surface area contributed by atoms with Crippen molar-refractivity contribution in [3.63, 3.8) is 0 Å². The molecule has 5 nitrogen and oxygen atoms in total. The topological polar surface area (TPSA) is 63.7 Å². The highest BCUT2D eigenvalue weighted by atomic mass is 16.5. The molecule has 5 heteroatoms. The molecule has 0 unspecified atom stereocenters. The highest BCUT2D eigenvalue weighted by Crippen LogP contribution is 2.21. The lowest BCUT2D eigenvalue weighted by Crippen LogP contribution is -2.29. The van der Waals surface area contributed by atoms with Crippen molar-refractivity contribution in [2.75, 3.05) is 13.2 Å². The number of carbonyl (C=O) groups is 3. The first kappa shape index (κ1) is 13.0. The third-order valence-electron chi connectivity index (χ3n) is 2.72. The van der Waals surface area contributed by atoms with Crippen LogP contribution < -0.4 is 0 Å². The van der Waals surface area contributed by atoms with Gasteiger partial charge in [0, 0.05) is 13.5 Å². The van der Waals surface area contributed by atoms with Gasteiger partial charge in [-0.2, -0.15) is 0 Å². The molecule has 19 heavy (non-hydrogen) atoms. The fraction of sp³-hybridized carbons (Fsp3) is 0.214. The number of fused-ring (bicyclic) bond motifs is 1. The van der Waals surface area contributed by atoms with Gasteiger partial charge in [-0.25, -0.2) is 0 Å². The molecule has 0 spiro atoms. The minimum Gasteiger partial charge on any atom is -0.462 e. The molecule has 0 N–H and O–H groups in total. The Labute approximate surface area is 110 Å². The molecule has 0 fully saturated rings. The zero-order chi connectivity index (χ0) is 13.8. The van der Waals surface area contributed by atoms with Crippen molar-refractivity contribution < 1.29 is 19.1 Å². The summed E-state index contributed by atoms with van der Waals surface area (Å²) >= 11 is 0. The second-order valence-electron chi connectivity index (χ2n) is 4.04. The van der Waals surface area contributed by atoms with Gasteiger partial charge in [0.1, 0.15) is 6.61 Å². The van der Waals surface area contributed by atoms with Crippen LogP contribution in [0.2, 0.25) is 0 Å². The van der Waals surface area contributed by atoms with Crippen molar-refractivity contribution in [3.8, 4) is 0 Å². The Kier molecular flexibility index (Phi) is 3.75. The van der Waals surface area contributed by atoms with Gasteiger partial charge in [-0.1, -0.05) is 18.2 Å². The average Bonchev–Trinajstić information content (AvgIpc) is 2.63. The summed E-state index contributed by atoms with van der Waals surface area (Å²) in [4.78, 5) is 35.6. The Morgan fingerprint density at radius 2 is 1.74 bits per heavy atom. The highest BCUT2D eigenvalue weighted by molar-refractivity contribution is 6.21. The van der Waals surface area contributed by atoms with Gasteiger partial charge in [0.05, 0.1) is 11.1 Å². The Hall–Kier alpha value is -2.43. The van der Waals surface area contributed by atoms with Gasteiger partial charge < -0.3 is 4.74 Å². The van der Waals surface area contributed by atoms with Gasteiger partial charge in [0.2, 0.25) is 0 Å². The van der Waals surface area contributed by atoms with E-state index in [1.54, 1.807) is 36.4 Å². The van der Waals surface area contributed by atoms with E-state index >= 15 is 0 Å². The Morgan fingerprint density at radius 3 is 2.26 bits per heavy atom. The minimum absolute atomic E-state index is 0.137. The first-order valence-corrected chi connectivity index (χ1v) is 5.85. The molecule has 0 saturated carbocycles. The van der Waals surface area contributed by atoms with Crippen LogP contribution in [-0.2, 0) is 9.53 Å². The lowest BCUT2D eigenvalue weighted by Gasteiger charge is -2.10. The second-order valence-corrected chi connectivity index (χ2v) is 4.04. The number of benzene rings is 1. The van der Waals surface area contributed by atoms with E-state index in [9.17, 15) is 14.4 Å². The van der Waals surface area contributed by atoms with Crippen LogP contribution in [0.15, 0.2) is 36.4 Å². The smallest absolute Gasteiger partial charge is 0.302 e. The molecule has 2 rings (SSSR count). The normalized spacial score (nSPS) is 14.1. The van der Waals surface area contributed by atoms with Gasteiger partial charge in [0.15, 0.2) is 0 Å². The Morgan fingerprint density at radius 1 is 1.16 bits per heavy atom. The van der Waals surface area contributed by atoms with E-state index in [4.69, 9.17) is 4.74 Å². The number of hydrogen-bond donors (Lipinski definition) is 0. The van der Waals surface area contributed by atoms with Crippen LogP contribution in [0.4, 0.5) is 0 Å². The summed E-state index contributed by atoms with van der Waals surface area (Å²) in [5.41, 5.74) is 0.863. The van der Waals surface area contributed by atoms with E-state index in [0.717, 1.165) is 4.90 Å². The Balaban J connectivity index is 1.99. The summed E-state index contributed by atoms with van der Waals surface area (Å²) in [6.45, 7) is 1.63. The second kappa shape index (κ2) is 5.48. The fourth-order valence-electron chi connectivity index (χ4n) is 1.82. The number of hydrogen-bond acceptors (Lipinski definition) is 4. The lowest BCUT2D eigenvalue weighted by atomic mass is 10.1. The molecule has 0 bridgehead atoms. The molecule has 0 atom stereocenters. The van der Waals surface area contributed by atoms with Crippen molar-refractivity contribution in [3.05, 3.63) is 47.5 Å². The molecule has 1 aromatic carbocycles. The third-order valence-corrected chi connectivity index (χ3v) is 2.72. The number of esters is 1. The first-order chi connectivity index (χ1) is 9.11. The van der Waals surface area contributed by atoms with E-state index in [1.165, 1.54) is 6.92 Å². The predicted molar refractivity (Wildman–Crippen MR) is 67.6 cm³/mol. The summed E-state index contributed by atoms with van der Waals surface area (Å²) < 4.78 is 4.71. The van der Waals surface area contributed by atoms with E-state index in [-0.39, 0.29) is 30.9 Å². The van der Waals surface area contributed by atoms with Crippen molar-refractivity contribution >= 4 is 17.8 Å². The van der Waals surface area contributed by atoms with Crippen molar-refractivity contribution in [1.82, 2.24) is 4.90 Å². The molecule has 1 aliphatic rings. The van der Waals surface area contributed by atoms with Crippen molar-refractivity contribution in [1.29, 1.82) is 0 Å². The average molecular weight is 259 g/mol. The van der Waals surface area contributed by atoms with Crippen LogP contribution in [0.3, 0.4) is 0 Å². The molecule has 1 aliphatic heterocycles. The van der Waals surface area contributed by atoms with Crippen molar-refractivity contribution in [2.45, 2.75) is 6.92 Å². The molecule has 0 saturated heterocycles. The fourth-order valence-corrected chi connectivity index (χ4v) is 1.82. The molecule has 0 radical (unpaired) electrons. The molecule has 2 amide bonds. The third kappa shape index (κ3) is 2.70. The van der Waals surface area contributed by atoms with E-state index in [0.29, 0.717) is 11.1 Å². The summed E-state index contributed by atoms with van der Waals surface area (Å²) in [5, 5.41) is 0. The van der Waals surface area contributed by atoms with Crippen LogP contribution in [0.1, 0.15) is 27.6 Å². The number of amides is 2. The lowest BCUT2D eigenvalue weighted by molar-refractivity contribution is -0.139. The van der Waals surface area contributed by atoms with Crippen LogP contribution in [-0.4, -0.2) is 35.8 Å². The first-order valence-electron chi connectivity index (χ1n) is 5.85. The molecular weight excluding hydrogens is 246 g/mol. The number of nitrogens with zero attached hydrogens (tertiary/aromatic N) is 1. The van der Waals surface area contributed by atoms with E-state index < -0.39 is 0 Å². The molecule has 1 aromatic rings. The van der Waals surface area contributed by atoms with Crippen molar-refractivity contribution in [2.24, 2.45) is 0 Å². The number of carbonyl (C=O) groups excluding carboxylic acids is 3. The summed E-state index contributed by atoms with van der Waals surface area (Å²) in [6.07, 6.45) is 3.23. The van der Waals surface area contributed by atoms with Crippen LogP contribution >= 0.6 is 0 Å². The summed E-state index contributed by atoms with van der Waals surface area (Å²) in [5.74, 6) is -0.958. The van der Waals surface area contributed by atoms with Gasteiger partial charge in [-0.05, 0) is 18.2 Å². The number of rotatable bonds is 4. The highest BCUT2D eigenvalue weighted by Gasteiger charge is 2.33. The van der Waals surface area contributed by atoms with E-state index in [2.05, 4.69) is 0 Å². The maximum absolute atomic E-state index is 12.0. The predicted octanol–water partition coefficient (Wildman–Crippen LogP) is 1.40. The quantitative estimate of drug-likeness (QED) is 0.466. The summed E-state index contributed by atoms with van der Waals surface area (Å²) in [7, 11) is 0. The standard InChI is InChI=1S/C14H13NO4/c1-10(16)19-9-5-4-8-15-13(17)11-6-2-3-7-12(11)14(15)18/h2-7H,8-9H2,1H3. The molecule has 98 valence electrons. The van der Waals surface area contributed by atoms with Crippen LogP contribution in [0.25, 0.3) is 0 Å². The molecular formula is C14H13NO4. The maximum Gasteiger partial charge on any atom is 0.302 e. The summed E-state index contributed by atoms with van der Waals surface area (Å²) in [6, 6.07) is 6.73.